The fourth-order valence-corrected chi connectivity index (χ4v) is 2.36. The number of rotatable bonds is 5. The monoisotopic (exact) mass is 283 g/mol. The molecular formula is C12H17N3O3S. The Kier molecular flexibility index (Phi) is 4.94. The molecule has 5 N–H and O–H groups in total. The summed E-state index contributed by atoms with van der Waals surface area (Å²) in [5, 5.41) is 2.57. The van der Waals surface area contributed by atoms with Gasteiger partial charge >= 0.3 is 0 Å². The zero-order valence-corrected chi connectivity index (χ0v) is 11.4. The van der Waals surface area contributed by atoms with Crippen LogP contribution in [0.2, 0.25) is 0 Å². The summed E-state index contributed by atoms with van der Waals surface area (Å²) in [5.74, 6) is -0.683. The number of carbonyl (C=O) groups is 1. The van der Waals surface area contributed by atoms with Gasteiger partial charge in [-0.1, -0.05) is 18.2 Å². The molecule has 1 unspecified atom stereocenters. The van der Waals surface area contributed by atoms with Gasteiger partial charge < -0.3 is 16.8 Å². The zero-order chi connectivity index (χ0) is 14.5. The second kappa shape index (κ2) is 6.24. The number of carbonyl (C=O) groups excluding carboxylic acids is 1. The van der Waals surface area contributed by atoms with Crippen molar-refractivity contribution in [3.05, 3.63) is 47.8 Å². The maximum absolute atomic E-state index is 11.9. The molecule has 0 aliphatic heterocycles. The maximum atomic E-state index is 11.9. The molecule has 0 fully saturated rings. The van der Waals surface area contributed by atoms with Gasteiger partial charge in [0.05, 0.1) is 17.6 Å². The Morgan fingerprint density at radius 2 is 1.89 bits per heavy atom. The van der Waals surface area contributed by atoms with Crippen LogP contribution in [0.15, 0.2) is 42.2 Å². The van der Waals surface area contributed by atoms with Crippen molar-refractivity contribution in [1.29, 1.82) is 0 Å². The molecule has 1 rings (SSSR count). The first-order chi connectivity index (χ1) is 8.78. The minimum atomic E-state index is -3.27. The second-order valence-electron chi connectivity index (χ2n) is 4.21. The average Bonchev–Trinajstić information content (AvgIpc) is 2.26. The van der Waals surface area contributed by atoms with Crippen LogP contribution in [0.3, 0.4) is 0 Å². The third-order valence-electron chi connectivity index (χ3n) is 2.23. The summed E-state index contributed by atoms with van der Waals surface area (Å²) in [6, 6.07) is 7.71. The molecule has 1 aromatic rings. The predicted octanol–water partition coefficient (Wildman–Crippen LogP) is -0.412. The van der Waals surface area contributed by atoms with Gasteiger partial charge in [0.25, 0.3) is 5.91 Å². The first-order valence-electron chi connectivity index (χ1n) is 5.54. The normalized spacial score (nSPS) is 12.5. The number of amides is 1. The highest BCUT2D eigenvalue weighted by Gasteiger charge is 2.16. The first-order valence-corrected chi connectivity index (χ1v) is 7.60. The van der Waals surface area contributed by atoms with Crippen LogP contribution in [0.25, 0.3) is 0 Å². The molecule has 1 aromatic carbocycles. The molecule has 0 aromatic heterocycles. The summed E-state index contributed by atoms with van der Waals surface area (Å²) in [4.78, 5) is 11.9. The molecular weight excluding hydrogens is 266 g/mol. The maximum Gasteiger partial charge on any atom is 0.251 e. The number of hydrogen-bond donors (Lipinski definition) is 3. The molecule has 0 aliphatic rings. The molecule has 0 bridgehead atoms. The Bertz CT molecular complexity index is 563. The van der Waals surface area contributed by atoms with Crippen LogP contribution in [0.1, 0.15) is 10.4 Å². The Balaban J connectivity index is 2.84. The smallest absolute Gasteiger partial charge is 0.251 e. The summed E-state index contributed by atoms with van der Waals surface area (Å²) in [6.45, 7) is 0. The third kappa shape index (κ3) is 5.91. The van der Waals surface area contributed by atoms with Gasteiger partial charge in [-0.2, -0.15) is 0 Å². The summed E-state index contributed by atoms with van der Waals surface area (Å²) in [7, 11) is -3.27. The Hall–Kier alpha value is -2.02. The largest absolute Gasteiger partial charge is 0.386 e. The van der Waals surface area contributed by atoms with Crippen LogP contribution < -0.4 is 16.8 Å². The fraction of sp³-hybridized carbons (Fsp3) is 0.250. The van der Waals surface area contributed by atoms with Crippen molar-refractivity contribution in [3.63, 3.8) is 0 Å². The average molecular weight is 283 g/mol. The van der Waals surface area contributed by atoms with Gasteiger partial charge in [-0.25, -0.2) is 8.42 Å². The summed E-state index contributed by atoms with van der Waals surface area (Å²) in [6.07, 6.45) is 2.39. The molecule has 1 atom stereocenters. The van der Waals surface area contributed by atoms with Crippen LogP contribution in [0.4, 0.5) is 0 Å². The van der Waals surface area contributed by atoms with Crippen molar-refractivity contribution in [1.82, 2.24) is 5.32 Å². The van der Waals surface area contributed by atoms with Crippen molar-refractivity contribution in [2.75, 3.05) is 12.0 Å². The van der Waals surface area contributed by atoms with Gasteiger partial charge in [0.1, 0.15) is 9.84 Å². The molecule has 19 heavy (non-hydrogen) atoms. The topological polar surface area (TPSA) is 115 Å². The molecule has 0 saturated heterocycles. The van der Waals surface area contributed by atoms with E-state index in [1.807, 2.05) is 0 Å². The van der Waals surface area contributed by atoms with Gasteiger partial charge in [0.15, 0.2) is 0 Å². The summed E-state index contributed by atoms with van der Waals surface area (Å²) < 4.78 is 22.6. The summed E-state index contributed by atoms with van der Waals surface area (Å²) >= 11 is 0. The van der Waals surface area contributed by atoms with E-state index in [0.717, 1.165) is 6.26 Å². The van der Waals surface area contributed by atoms with Crippen LogP contribution in [0.5, 0.6) is 0 Å². The highest BCUT2D eigenvalue weighted by atomic mass is 32.2. The van der Waals surface area contributed by atoms with Crippen LogP contribution in [-0.2, 0) is 9.84 Å². The van der Waals surface area contributed by atoms with E-state index in [2.05, 4.69) is 5.32 Å². The lowest BCUT2D eigenvalue weighted by atomic mass is 10.2. The van der Waals surface area contributed by atoms with Crippen molar-refractivity contribution in [3.8, 4) is 0 Å². The molecule has 0 spiro atoms. The number of benzene rings is 1. The summed E-state index contributed by atoms with van der Waals surface area (Å²) in [5.41, 5.74) is 11.1. The predicted molar refractivity (Wildman–Crippen MR) is 73.9 cm³/mol. The standard InChI is InChI=1S/C12H17N3O3S/c1-19(17,18)8-10(7-11(13)14)15-12(16)9-5-3-2-4-6-9/h2-7,10H,8,13-14H2,1H3,(H,15,16). The Morgan fingerprint density at radius 3 is 2.37 bits per heavy atom. The van der Waals surface area contributed by atoms with E-state index in [4.69, 9.17) is 11.5 Å². The molecule has 7 heteroatoms. The van der Waals surface area contributed by atoms with Crippen molar-refractivity contribution in [2.45, 2.75) is 6.04 Å². The highest BCUT2D eigenvalue weighted by Crippen LogP contribution is 2.01. The van der Waals surface area contributed by atoms with E-state index in [-0.39, 0.29) is 17.5 Å². The Labute approximate surface area is 112 Å². The van der Waals surface area contributed by atoms with Gasteiger partial charge in [-0.05, 0) is 18.2 Å². The zero-order valence-electron chi connectivity index (χ0n) is 10.5. The minimum absolute atomic E-state index is 0.0398. The third-order valence-corrected chi connectivity index (χ3v) is 3.19. The first kappa shape index (κ1) is 15.0. The van der Waals surface area contributed by atoms with Gasteiger partial charge in [0, 0.05) is 11.8 Å². The van der Waals surface area contributed by atoms with Crippen molar-refractivity contribution < 1.29 is 13.2 Å². The molecule has 0 radical (unpaired) electrons. The van der Waals surface area contributed by atoms with E-state index in [1.165, 1.54) is 6.08 Å². The number of hydrogen-bond acceptors (Lipinski definition) is 5. The van der Waals surface area contributed by atoms with E-state index >= 15 is 0 Å². The highest BCUT2D eigenvalue weighted by molar-refractivity contribution is 7.90. The molecule has 0 aliphatic carbocycles. The van der Waals surface area contributed by atoms with E-state index in [0.29, 0.717) is 5.56 Å². The number of sulfone groups is 1. The lowest BCUT2D eigenvalue weighted by Gasteiger charge is -2.14. The number of nitrogens with two attached hydrogens (primary N) is 2. The van der Waals surface area contributed by atoms with E-state index in [9.17, 15) is 13.2 Å². The van der Waals surface area contributed by atoms with Crippen LogP contribution in [0, 0.1) is 0 Å². The van der Waals surface area contributed by atoms with E-state index < -0.39 is 15.9 Å². The van der Waals surface area contributed by atoms with Crippen LogP contribution in [-0.4, -0.2) is 32.4 Å². The SMILES string of the molecule is CS(=O)(=O)CC(C=C(N)N)NC(=O)c1ccccc1. The van der Waals surface area contributed by atoms with Crippen LogP contribution >= 0.6 is 0 Å². The minimum Gasteiger partial charge on any atom is -0.386 e. The second-order valence-corrected chi connectivity index (χ2v) is 6.39. The Morgan fingerprint density at radius 1 is 1.32 bits per heavy atom. The molecule has 6 nitrogen and oxygen atoms in total. The molecule has 1 amide bonds. The number of nitrogens with one attached hydrogen (secondary N) is 1. The molecule has 104 valence electrons. The molecule has 0 saturated carbocycles. The quantitative estimate of drug-likeness (QED) is 0.679. The lowest BCUT2D eigenvalue weighted by Crippen LogP contribution is -2.39. The van der Waals surface area contributed by atoms with E-state index in [1.54, 1.807) is 30.3 Å². The van der Waals surface area contributed by atoms with Gasteiger partial charge in [0.2, 0.25) is 0 Å². The van der Waals surface area contributed by atoms with Gasteiger partial charge in [-0.3, -0.25) is 4.79 Å². The fourth-order valence-electron chi connectivity index (χ4n) is 1.53. The lowest BCUT2D eigenvalue weighted by molar-refractivity contribution is 0.0947. The van der Waals surface area contributed by atoms with Crippen molar-refractivity contribution >= 4 is 15.7 Å². The van der Waals surface area contributed by atoms with Crippen molar-refractivity contribution in [2.24, 2.45) is 11.5 Å². The van der Waals surface area contributed by atoms with Gasteiger partial charge in [-0.15, -0.1) is 0 Å². The molecule has 0 heterocycles.